The second-order valence-corrected chi connectivity index (χ2v) is 6.37. The van der Waals surface area contributed by atoms with E-state index in [0.29, 0.717) is 5.82 Å². The molecule has 110 valence electrons. The van der Waals surface area contributed by atoms with Gasteiger partial charge in [-0.15, -0.1) is 0 Å². The van der Waals surface area contributed by atoms with Crippen molar-refractivity contribution in [2.45, 2.75) is 36.9 Å². The van der Waals surface area contributed by atoms with E-state index >= 15 is 0 Å². The molecule has 0 aromatic carbocycles. The first kappa shape index (κ1) is 13.9. The van der Waals surface area contributed by atoms with Crippen LogP contribution in [0, 0.1) is 0 Å². The summed E-state index contributed by atoms with van der Waals surface area (Å²) in [6.45, 7) is 4.37. The van der Waals surface area contributed by atoms with Gasteiger partial charge in [0.15, 0.2) is 5.16 Å². The van der Waals surface area contributed by atoms with Crippen LogP contribution in [0.2, 0.25) is 0 Å². The van der Waals surface area contributed by atoms with Gasteiger partial charge in [0.25, 0.3) is 0 Å². The molecule has 20 heavy (non-hydrogen) atoms. The lowest BCUT2D eigenvalue weighted by Crippen LogP contribution is -2.50. The summed E-state index contributed by atoms with van der Waals surface area (Å²) in [7, 11) is 0. The van der Waals surface area contributed by atoms with E-state index in [1.807, 2.05) is 12.3 Å². The van der Waals surface area contributed by atoms with E-state index in [1.54, 1.807) is 11.8 Å². The summed E-state index contributed by atoms with van der Waals surface area (Å²) in [5.41, 5.74) is 5.87. The summed E-state index contributed by atoms with van der Waals surface area (Å²) in [4.78, 5) is 13.8. The molecule has 0 atom stereocenters. The molecule has 1 aliphatic heterocycles. The predicted molar refractivity (Wildman–Crippen MR) is 84.3 cm³/mol. The Kier molecular flexibility index (Phi) is 4.31. The minimum absolute atomic E-state index is 0.567. The molecule has 0 radical (unpaired) electrons. The highest BCUT2D eigenvalue weighted by molar-refractivity contribution is 7.98. The number of thioether (sulfide) groups is 1. The number of hydrogen-bond acceptors (Lipinski definition) is 6. The molecule has 2 aliphatic rings. The fourth-order valence-electron chi connectivity index (χ4n) is 3.27. The summed E-state index contributed by atoms with van der Waals surface area (Å²) in [5, 5.41) is 0.762. The Bertz CT molecular complexity index is 453. The van der Waals surface area contributed by atoms with Gasteiger partial charge in [0.05, 0.1) is 0 Å². The van der Waals surface area contributed by atoms with Crippen molar-refractivity contribution in [3.8, 4) is 0 Å². The van der Waals surface area contributed by atoms with Crippen molar-refractivity contribution >= 4 is 23.4 Å². The largest absolute Gasteiger partial charge is 0.383 e. The van der Waals surface area contributed by atoms with Crippen molar-refractivity contribution in [2.75, 3.05) is 43.1 Å². The van der Waals surface area contributed by atoms with Crippen molar-refractivity contribution < 1.29 is 0 Å². The number of nitrogen functional groups attached to an aromatic ring is 1. The average molecular weight is 293 g/mol. The third-order valence-corrected chi connectivity index (χ3v) is 4.92. The summed E-state index contributed by atoms with van der Waals surface area (Å²) in [6, 6.07) is 2.72. The Morgan fingerprint density at radius 3 is 2.50 bits per heavy atom. The average Bonchev–Trinajstić information content (AvgIpc) is 3.01. The monoisotopic (exact) mass is 293 g/mol. The molecular formula is C14H23N5S. The van der Waals surface area contributed by atoms with Gasteiger partial charge in [-0.1, -0.05) is 24.6 Å². The van der Waals surface area contributed by atoms with Crippen LogP contribution < -0.4 is 10.6 Å². The molecule has 1 saturated heterocycles. The number of nitrogens with zero attached hydrogens (tertiary/aromatic N) is 4. The number of aromatic nitrogens is 2. The molecule has 0 spiro atoms. The van der Waals surface area contributed by atoms with Gasteiger partial charge in [0.1, 0.15) is 11.6 Å². The van der Waals surface area contributed by atoms with Gasteiger partial charge in [-0.2, -0.15) is 0 Å². The van der Waals surface area contributed by atoms with Crippen LogP contribution in [0.15, 0.2) is 11.2 Å². The number of nitrogens with two attached hydrogens (primary N) is 1. The fraction of sp³-hybridized carbons (Fsp3) is 0.714. The SMILES string of the molecule is CSc1nc(N)cc(N2CCN(C3CCCC3)CC2)n1. The molecule has 1 saturated carbocycles. The maximum atomic E-state index is 5.87. The quantitative estimate of drug-likeness (QED) is 0.678. The Morgan fingerprint density at radius 1 is 1.15 bits per heavy atom. The molecule has 5 nitrogen and oxygen atoms in total. The fourth-order valence-corrected chi connectivity index (χ4v) is 3.65. The molecule has 0 bridgehead atoms. The van der Waals surface area contributed by atoms with Gasteiger partial charge in [-0.05, 0) is 19.1 Å². The van der Waals surface area contributed by atoms with Crippen molar-refractivity contribution in [2.24, 2.45) is 0 Å². The Labute approximate surface area is 124 Å². The smallest absolute Gasteiger partial charge is 0.191 e. The van der Waals surface area contributed by atoms with E-state index in [1.165, 1.54) is 25.7 Å². The molecule has 2 fully saturated rings. The van der Waals surface area contributed by atoms with Crippen molar-refractivity contribution in [1.29, 1.82) is 0 Å². The molecule has 1 aromatic heterocycles. The molecule has 1 aromatic rings. The van der Waals surface area contributed by atoms with Crippen LogP contribution in [0.5, 0.6) is 0 Å². The summed E-state index contributed by atoms with van der Waals surface area (Å²) < 4.78 is 0. The van der Waals surface area contributed by atoms with Gasteiger partial charge in [0, 0.05) is 38.3 Å². The van der Waals surface area contributed by atoms with Gasteiger partial charge in [0.2, 0.25) is 0 Å². The topological polar surface area (TPSA) is 58.3 Å². The highest BCUT2D eigenvalue weighted by Crippen LogP contribution is 2.26. The van der Waals surface area contributed by atoms with Crippen LogP contribution in [-0.2, 0) is 0 Å². The van der Waals surface area contributed by atoms with E-state index in [-0.39, 0.29) is 0 Å². The van der Waals surface area contributed by atoms with E-state index in [2.05, 4.69) is 19.8 Å². The standard InChI is InChI=1S/C14H23N5S/c1-20-14-16-12(15)10-13(17-14)19-8-6-18(7-9-19)11-4-2-3-5-11/h10-11H,2-9H2,1H3,(H2,15,16,17). The number of hydrogen-bond donors (Lipinski definition) is 1. The molecular weight excluding hydrogens is 270 g/mol. The molecule has 2 N–H and O–H groups in total. The maximum absolute atomic E-state index is 5.87. The molecule has 2 heterocycles. The first-order chi connectivity index (χ1) is 9.76. The molecule has 1 aliphatic carbocycles. The van der Waals surface area contributed by atoms with Crippen LogP contribution in [-0.4, -0.2) is 53.3 Å². The van der Waals surface area contributed by atoms with Gasteiger partial charge >= 0.3 is 0 Å². The third-order valence-electron chi connectivity index (χ3n) is 4.37. The second-order valence-electron chi connectivity index (χ2n) is 5.60. The minimum Gasteiger partial charge on any atom is -0.383 e. The first-order valence-electron chi connectivity index (χ1n) is 7.44. The number of rotatable bonds is 3. The zero-order valence-corrected chi connectivity index (χ0v) is 12.9. The zero-order chi connectivity index (χ0) is 13.9. The Balaban J connectivity index is 1.64. The highest BCUT2D eigenvalue weighted by Gasteiger charge is 2.26. The van der Waals surface area contributed by atoms with E-state index in [0.717, 1.165) is 43.2 Å². The van der Waals surface area contributed by atoms with Gasteiger partial charge in [-0.25, -0.2) is 9.97 Å². The summed E-state index contributed by atoms with van der Waals surface area (Å²) in [5.74, 6) is 1.55. The van der Waals surface area contributed by atoms with E-state index in [9.17, 15) is 0 Å². The second kappa shape index (κ2) is 6.18. The molecule has 6 heteroatoms. The van der Waals surface area contributed by atoms with Crippen LogP contribution in [0.1, 0.15) is 25.7 Å². The van der Waals surface area contributed by atoms with Gasteiger partial charge < -0.3 is 10.6 Å². The molecule has 0 amide bonds. The van der Waals surface area contributed by atoms with Crippen LogP contribution in [0.4, 0.5) is 11.6 Å². The van der Waals surface area contributed by atoms with Crippen LogP contribution in [0.3, 0.4) is 0 Å². The lowest BCUT2D eigenvalue weighted by Gasteiger charge is -2.38. The minimum atomic E-state index is 0.567. The third kappa shape index (κ3) is 3.01. The summed E-state index contributed by atoms with van der Waals surface area (Å²) in [6.07, 6.45) is 7.57. The van der Waals surface area contributed by atoms with Crippen LogP contribution >= 0.6 is 11.8 Å². The Hall–Kier alpha value is -1.01. The lowest BCUT2D eigenvalue weighted by molar-refractivity contribution is 0.187. The van der Waals surface area contributed by atoms with E-state index in [4.69, 9.17) is 5.73 Å². The lowest BCUT2D eigenvalue weighted by atomic mass is 10.2. The first-order valence-corrected chi connectivity index (χ1v) is 8.66. The zero-order valence-electron chi connectivity index (χ0n) is 12.1. The van der Waals surface area contributed by atoms with Crippen molar-refractivity contribution in [3.63, 3.8) is 0 Å². The number of anilines is 2. The van der Waals surface area contributed by atoms with Crippen molar-refractivity contribution in [3.05, 3.63) is 6.07 Å². The predicted octanol–water partition coefficient (Wildman–Crippen LogP) is 1.85. The molecule has 0 unspecified atom stereocenters. The summed E-state index contributed by atoms with van der Waals surface area (Å²) >= 11 is 1.54. The number of piperazine rings is 1. The van der Waals surface area contributed by atoms with Crippen molar-refractivity contribution in [1.82, 2.24) is 14.9 Å². The van der Waals surface area contributed by atoms with E-state index < -0.39 is 0 Å². The maximum Gasteiger partial charge on any atom is 0.191 e. The highest BCUT2D eigenvalue weighted by atomic mass is 32.2. The normalized spacial score (nSPS) is 21.6. The molecule has 3 rings (SSSR count). The van der Waals surface area contributed by atoms with Gasteiger partial charge in [-0.3, -0.25) is 4.90 Å². The van der Waals surface area contributed by atoms with Crippen LogP contribution in [0.25, 0.3) is 0 Å². The Morgan fingerprint density at radius 2 is 1.85 bits per heavy atom.